The lowest BCUT2D eigenvalue weighted by Gasteiger charge is -2.48. The molecule has 0 nitrogen and oxygen atoms in total. The van der Waals surface area contributed by atoms with Crippen LogP contribution >= 0.6 is 0 Å². The lowest BCUT2D eigenvalue weighted by molar-refractivity contribution is 0.0378. The van der Waals surface area contributed by atoms with Crippen molar-refractivity contribution in [3.05, 3.63) is 35.1 Å². The van der Waals surface area contributed by atoms with Crippen molar-refractivity contribution in [2.75, 3.05) is 0 Å². The second-order valence-corrected chi connectivity index (χ2v) is 10.9. The molecule has 0 N–H and O–H groups in total. The Morgan fingerprint density at radius 2 is 1.38 bits per heavy atom. The van der Waals surface area contributed by atoms with Gasteiger partial charge in [-0.25, -0.2) is 13.2 Å². The van der Waals surface area contributed by atoms with Gasteiger partial charge in [-0.05, 0) is 86.3 Å². The van der Waals surface area contributed by atoms with E-state index in [1.165, 1.54) is 121 Å². The van der Waals surface area contributed by atoms with Crippen molar-refractivity contribution in [3.63, 3.8) is 0 Å². The maximum Gasteiger partial charge on any atom is 0.194 e. The first-order valence-corrected chi connectivity index (χ1v) is 13.7. The fourth-order valence-corrected chi connectivity index (χ4v) is 6.65. The SMILES string of the molecule is CCCCCCCCCC1CCC(CCc2cc(F)c(F)c(F)c2)(C2CCCCC2)CC1. The van der Waals surface area contributed by atoms with E-state index >= 15 is 0 Å². The first kappa shape index (κ1) is 25.6. The maximum absolute atomic E-state index is 13.7. The van der Waals surface area contributed by atoms with Crippen molar-refractivity contribution in [2.45, 2.75) is 129 Å². The Kier molecular flexibility index (Phi) is 10.4. The van der Waals surface area contributed by atoms with Gasteiger partial charge >= 0.3 is 0 Å². The molecule has 0 heterocycles. The highest BCUT2D eigenvalue weighted by molar-refractivity contribution is 5.20. The number of hydrogen-bond donors (Lipinski definition) is 0. The normalized spacial score (nSPS) is 24.7. The van der Waals surface area contributed by atoms with E-state index in [0.29, 0.717) is 17.4 Å². The largest absolute Gasteiger partial charge is 0.204 e. The summed E-state index contributed by atoms with van der Waals surface area (Å²) in [5.74, 6) is -1.83. The highest BCUT2D eigenvalue weighted by Crippen LogP contribution is 2.52. The van der Waals surface area contributed by atoms with Crippen molar-refractivity contribution in [1.82, 2.24) is 0 Å². The molecule has 0 aliphatic heterocycles. The minimum atomic E-state index is -1.35. The molecule has 3 heteroatoms. The number of halogens is 3. The minimum Gasteiger partial charge on any atom is -0.204 e. The quantitative estimate of drug-likeness (QED) is 0.219. The van der Waals surface area contributed by atoms with Gasteiger partial charge < -0.3 is 0 Å². The van der Waals surface area contributed by atoms with Crippen molar-refractivity contribution in [2.24, 2.45) is 17.3 Å². The van der Waals surface area contributed by atoms with Gasteiger partial charge in [-0.1, -0.05) is 77.6 Å². The highest BCUT2D eigenvalue weighted by atomic mass is 19.2. The maximum atomic E-state index is 13.7. The van der Waals surface area contributed by atoms with Gasteiger partial charge in [0.2, 0.25) is 0 Å². The van der Waals surface area contributed by atoms with Crippen LogP contribution in [0, 0.1) is 34.7 Å². The lowest BCUT2D eigenvalue weighted by Crippen LogP contribution is -2.37. The highest BCUT2D eigenvalue weighted by Gasteiger charge is 2.41. The fourth-order valence-electron chi connectivity index (χ4n) is 6.65. The summed E-state index contributed by atoms with van der Waals surface area (Å²) in [5.41, 5.74) is 0.931. The first-order valence-electron chi connectivity index (χ1n) is 13.7. The number of aryl methyl sites for hydroxylation is 1. The molecule has 32 heavy (non-hydrogen) atoms. The van der Waals surface area contributed by atoms with Crippen molar-refractivity contribution in [3.8, 4) is 0 Å². The predicted octanol–water partition coefficient (Wildman–Crippen LogP) is 9.93. The Balaban J connectivity index is 1.52. The van der Waals surface area contributed by atoms with E-state index in [1.54, 1.807) is 0 Å². The Morgan fingerprint density at radius 3 is 2.00 bits per heavy atom. The number of unbranched alkanes of at least 4 members (excludes halogenated alkanes) is 6. The minimum absolute atomic E-state index is 0.318. The molecule has 182 valence electrons. The zero-order chi connectivity index (χ0) is 22.8. The van der Waals surface area contributed by atoms with E-state index in [2.05, 4.69) is 6.92 Å². The number of rotatable bonds is 12. The molecule has 3 rings (SSSR count). The van der Waals surface area contributed by atoms with E-state index in [0.717, 1.165) is 18.3 Å². The third kappa shape index (κ3) is 7.26. The average Bonchev–Trinajstić information content (AvgIpc) is 2.82. The molecule has 2 aliphatic carbocycles. The van der Waals surface area contributed by atoms with Crippen LogP contribution in [-0.4, -0.2) is 0 Å². The molecule has 2 fully saturated rings. The number of benzene rings is 1. The summed E-state index contributed by atoms with van der Waals surface area (Å²) >= 11 is 0. The van der Waals surface area contributed by atoms with Gasteiger partial charge in [0.1, 0.15) is 0 Å². The summed E-state index contributed by atoms with van der Waals surface area (Å²) in [5, 5.41) is 0. The third-order valence-corrected chi connectivity index (χ3v) is 8.74. The fraction of sp³-hybridized carbons (Fsp3) is 0.793. The monoisotopic (exact) mass is 450 g/mol. The summed E-state index contributed by atoms with van der Waals surface area (Å²) in [4.78, 5) is 0. The van der Waals surface area contributed by atoms with Gasteiger partial charge in [-0.2, -0.15) is 0 Å². The average molecular weight is 451 g/mol. The van der Waals surface area contributed by atoms with Gasteiger partial charge in [0.15, 0.2) is 17.5 Å². The van der Waals surface area contributed by atoms with Crippen LogP contribution in [-0.2, 0) is 6.42 Å². The standard InChI is InChI=1S/C29H45F3/c1-2-3-4-5-6-7-9-12-23-15-18-29(19-16-23,25-13-10-8-11-14-25)20-17-24-21-26(30)28(32)27(31)22-24/h21-23,25H,2-20H2,1H3. The number of hydrogen-bond acceptors (Lipinski definition) is 0. The van der Waals surface area contributed by atoms with Gasteiger partial charge in [0, 0.05) is 0 Å². The molecule has 1 aromatic rings. The Morgan fingerprint density at radius 1 is 0.781 bits per heavy atom. The van der Waals surface area contributed by atoms with Crippen LogP contribution in [0.5, 0.6) is 0 Å². The van der Waals surface area contributed by atoms with Gasteiger partial charge in [-0.3, -0.25) is 0 Å². The summed E-state index contributed by atoms with van der Waals surface area (Å²) in [6.07, 6.45) is 24.5. The van der Waals surface area contributed by atoms with E-state index in [4.69, 9.17) is 0 Å². The molecule has 0 amide bonds. The van der Waals surface area contributed by atoms with Crippen LogP contribution in [0.15, 0.2) is 12.1 Å². The molecule has 0 aromatic heterocycles. The van der Waals surface area contributed by atoms with E-state index in [9.17, 15) is 13.2 Å². The van der Waals surface area contributed by atoms with Crippen LogP contribution in [0.2, 0.25) is 0 Å². The molecular weight excluding hydrogens is 405 g/mol. The smallest absolute Gasteiger partial charge is 0.194 e. The van der Waals surface area contributed by atoms with Crippen LogP contribution in [0.3, 0.4) is 0 Å². The lowest BCUT2D eigenvalue weighted by atomic mass is 9.58. The zero-order valence-corrected chi connectivity index (χ0v) is 20.4. The molecule has 0 saturated heterocycles. The Labute approximate surface area is 194 Å². The van der Waals surface area contributed by atoms with E-state index < -0.39 is 17.5 Å². The van der Waals surface area contributed by atoms with Crippen LogP contribution < -0.4 is 0 Å². The molecule has 0 bridgehead atoms. The Hall–Kier alpha value is -0.990. The molecule has 2 aliphatic rings. The van der Waals surface area contributed by atoms with Crippen LogP contribution in [0.4, 0.5) is 13.2 Å². The molecule has 1 aromatic carbocycles. The van der Waals surface area contributed by atoms with Crippen LogP contribution in [0.25, 0.3) is 0 Å². The second-order valence-electron chi connectivity index (χ2n) is 10.9. The molecular formula is C29H45F3. The van der Waals surface area contributed by atoms with Crippen molar-refractivity contribution in [1.29, 1.82) is 0 Å². The van der Waals surface area contributed by atoms with Crippen LogP contribution in [0.1, 0.15) is 128 Å². The van der Waals surface area contributed by atoms with E-state index in [-0.39, 0.29) is 0 Å². The molecule has 2 saturated carbocycles. The molecule has 0 radical (unpaired) electrons. The van der Waals surface area contributed by atoms with Crippen molar-refractivity contribution >= 4 is 0 Å². The first-order chi connectivity index (χ1) is 15.5. The Bertz CT molecular complexity index is 646. The van der Waals surface area contributed by atoms with E-state index in [1.807, 2.05) is 0 Å². The summed E-state index contributed by atoms with van der Waals surface area (Å²) < 4.78 is 40.8. The summed E-state index contributed by atoms with van der Waals surface area (Å²) in [6.45, 7) is 2.27. The summed E-state index contributed by atoms with van der Waals surface area (Å²) in [7, 11) is 0. The molecule has 0 atom stereocenters. The van der Waals surface area contributed by atoms with Gasteiger partial charge in [0.05, 0.1) is 0 Å². The third-order valence-electron chi connectivity index (χ3n) is 8.74. The topological polar surface area (TPSA) is 0 Å². The second kappa shape index (κ2) is 13.0. The molecule has 0 unspecified atom stereocenters. The molecule has 0 spiro atoms. The van der Waals surface area contributed by atoms with Gasteiger partial charge in [-0.15, -0.1) is 0 Å². The van der Waals surface area contributed by atoms with Gasteiger partial charge in [0.25, 0.3) is 0 Å². The summed E-state index contributed by atoms with van der Waals surface area (Å²) in [6, 6.07) is 2.41. The zero-order valence-electron chi connectivity index (χ0n) is 20.4. The predicted molar refractivity (Wildman–Crippen MR) is 128 cm³/mol. The van der Waals surface area contributed by atoms with Crippen molar-refractivity contribution < 1.29 is 13.2 Å².